The number of benzene rings is 2. The second-order valence-electron chi connectivity index (χ2n) is 10.5. The minimum absolute atomic E-state index is 0.112. The number of alkyl halides is 12. The molecule has 0 N–H and O–H groups in total. The third-order valence-electron chi connectivity index (χ3n) is 8.55. The van der Waals surface area contributed by atoms with Crippen molar-refractivity contribution in [3.63, 3.8) is 0 Å². The van der Waals surface area contributed by atoms with Crippen LogP contribution in [0.1, 0.15) is 70.9 Å². The number of halogens is 12. The van der Waals surface area contributed by atoms with Gasteiger partial charge in [-0.15, -0.1) is 0 Å². The molecule has 0 amide bonds. The lowest BCUT2D eigenvalue weighted by molar-refractivity contribution is -0.336. The first kappa shape index (κ1) is 28.6. The van der Waals surface area contributed by atoms with Gasteiger partial charge in [0.1, 0.15) is 0 Å². The fraction of sp³-hybridized carbons (Fsp3) is 0.429. The zero-order valence-electron chi connectivity index (χ0n) is 20.3. The number of hydrogen-bond donors (Lipinski definition) is 0. The third kappa shape index (κ3) is 3.91. The van der Waals surface area contributed by atoms with Crippen molar-refractivity contribution in [2.45, 2.75) is 73.1 Å². The molecule has 0 saturated carbocycles. The molecule has 0 radical (unpaired) electrons. The van der Waals surface area contributed by atoms with E-state index in [0.29, 0.717) is 12.5 Å². The van der Waals surface area contributed by atoms with Crippen LogP contribution < -0.4 is 0 Å². The van der Waals surface area contributed by atoms with Gasteiger partial charge in [-0.05, 0) is 65.1 Å². The number of allylic oxidation sites excluding steroid dienone is 2. The van der Waals surface area contributed by atoms with E-state index in [1.807, 2.05) is 30.4 Å². The second-order valence-corrected chi connectivity index (χ2v) is 10.5. The summed E-state index contributed by atoms with van der Waals surface area (Å²) in [6, 6.07) is 7.88. The van der Waals surface area contributed by atoms with E-state index < -0.39 is 65.4 Å². The van der Waals surface area contributed by atoms with Crippen LogP contribution in [0.2, 0.25) is 0 Å². The molecule has 0 bridgehead atoms. The monoisotopic (exact) mass is 584 g/mol. The fourth-order valence-electron chi connectivity index (χ4n) is 6.46. The first-order valence-electron chi connectivity index (χ1n) is 12.3. The molecule has 0 nitrogen and oxygen atoms in total. The van der Waals surface area contributed by atoms with Gasteiger partial charge < -0.3 is 0 Å². The molecule has 2 aromatic rings. The van der Waals surface area contributed by atoms with Crippen LogP contribution in [0.25, 0.3) is 12.2 Å². The Kier molecular flexibility index (Phi) is 6.28. The molecule has 3 aliphatic rings. The molecule has 0 aliphatic heterocycles. The number of hydrogen-bond acceptors (Lipinski definition) is 0. The first-order valence-corrected chi connectivity index (χ1v) is 12.3. The summed E-state index contributed by atoms with van der Waals surface area (Å²) in [5.41, 5.74) is -12.4. The molecule has 0 heterocycles. The third-order valence-corrected chi connectivity index (χ3v) is 8.55. The van der Waals surface area contributed by atoms with Crippen molar-refractivity contribution >= 4 is 12.2 Å². The number of fused-ring (bicyclic) bond motifs is 3. The average molecular weight is 584 g/mol. The van der Waals surface area contributed by atoms with Gasteiger partial charge in [-0.3, -0.25) is 0 Å². The van der Waals surface area contributed by atoms with E-state index in [1.54, 1.807) is 6.07 Å². The second kappa shape index (κ2) is 8.79. The highest BCUT2D eigenvalue weighted by molar-refractivity contribution is 5.67. The van der Waals surface area contributed by atoms with Crippen LogP contribution in [0.5, 0.6) is 0 Å². The molecule has 2 aromatic carbocycles. The highest BCUT2D eigenvalue weighted by Crippen LogP contribution is 2.67. The summed E-state index contributed by atoms with van der Waals surface area (Å²) in [7, 11) is 0. The topological polar surface area (TPSA) is 0 Å². The van der Waals surface area contributed by atoms with Crippen LogP contribution >= 0.6 is 0 Å². The maximum absolute atomic E-state index is 14.3. The van der Waals surface area contributed by atoms with Crippen molar-refractivity contribution in [1.82, 2.24) is 0 Å². The lowest BCUT2D eigenvalue weighted by atomic mass is 9.58. The van der Waals surface area contributed by atoms with Crippen molar-refractivity contribution < 1.29 is 52.7 Å². The zero-order valence-corrected chi connectivity index (χ0v) is 20.3. The van der Waals surface area contributed by atoms with E-state index in [0.717, 1.165) is 17.2 Å². The van der Waals surface area contributed by atoms with E-state index in [9.17, 15) is 52.7 Å². The molecule has 2 atom stereocenters. The van der Waals surface area contributed by atoms with Crippen molar-refractivity contribution in [1.29, 1.82) is 0 Å². The lowest BCUT2D eigenvalue weighted by Gasteiger charge is -2.50. The molecule has 5 rings (SSSR count). The Bertz CT molecular complexity index is 1340. The van der Waals surface area contributed by atoms with Crippen molar-refractivity contribution in [2.24, 2.45) is 0 Å². The van der Waals surface area contributed by atoms with Crippen molar-refractivity contribution in [3.8, 4) is 0 Å². The summed E-state index contributed by atoms with van der Waals surface area (Å²) in [6.45, 7) is 0. The van der Waals surface area contributed by atoms with Gasteiger partial charge in [0.05, 0.1) is 0 Å². The number of rotatable bonds is 3. The van der Waals surface area contributed by atoms with Crippen molar-refractivity contribution in [3.05, 3.63) is 81.9 Å². The molecule has 3 aliphatic carbocycles. The molecule has 12 heteroatoms. The van der Waals surface area contributed by atoms with Crippen LogP contribution in [0.3, 0.4) is 0 Å². The van der Waals surface area contributed by atoms with Gasteiger partial charge >= 0.3 is 24.7 Å². The van der Waals surface area contributed by atoms with Crippen molar-refractivity contribution in [2.75, 3.05) is 0 Å². The maximum Gasteiger partial charge on any atom is 0.407 e. The fourth-order valence-corrected chi connectivity index (χ4v) is 6.46. The molecular weight excluding hydrogens is 564 g/mol. The molecule has 2 unspecified atom stereocenters. The highest BCUT2D eigenvalue weighted by atomic mass is 19.4. The van der Waals surface area contributed by atoms with Crippen LogP contribution in [-0.4, -0.2) is 24.7 Å². The summed E-state index contributed by atoms with van der Waals surface area (Å²) in [6.07, 6.45) is -22.8. The summed E-state index contributed by atoms with van der Waals surface area (Å²) in [4.78, 5) is 0. The Morgan fingerprint density at radius 3 is 1.48 bits per heavy atom. The van der Waals surface area contributed by atoms with E-state index in [-0.39, 0.29) is 29.5 Å². The summed E-state index contributed by atoms with van der Waals surface area (Å²) >= 11 is 0. The molecule has 0 aromatic heterocycles. The van der Waals surface area contributed by atoms with Gasteiger partial charge in [0.15, 0.2) is 10.8 Å². The van der Waals surface area contributed by atoms with Gasteiger partial charge in [-0.25, -0.2) is 0 Å². The Labute approximate surface area is 220 Å². The van der Waals surface area contributed by atoms with Gasteiger partial charge in [0, 0.05) is 11.8 Å². The maximum atomic E-state index is 14.3. The molecule has 216 valence electrons. The summed E-state index contributed by atoms with van der Waals surface area (Å²) in [5.74, 6) is -0.910. The van der Waals surface area contributed by atoms with Crippen LogP contribution in [0.4, 0.5) is 52.7 Å². The van der Waals surface area contributed by atoms with Gasteiger partial charge in [0.2, 0.25) is 0 Å². The van der Waals surface area contributed by atoms with Crippen LogP contribution in [0, 0.1) is 0 Å². The lowest BCUT2D eigenvalue weighted by Crippen LogP contribution is -2.63. The quantitative estimate of drug-likeness (QED) is 0.315. The Balaban J connectivity index is 1.66. The molecule has 0 saturated heterocycles. The van der Waals surface area contributed by atoms with Gasteiger partial charge in [-0.1, -0.05) is 54.6 Å². The smallest absolute Gasteiger partial charge is 0.170 e. The molecule has 40 heavy (non-hydrogen) atoms. The van der Waals surface area contributed by atoms with Gasteiger partial charge in [-0.2, -0.15) is 52.7 Å². The van der Waals surface area contributed by atoms with E-state index in [2.05, 4.69) is 0 Å². The van der Waals surface area contributed by atoms with Crippen LogP contribution in [-0.2, 0) is 10.8 Å². The summed E-state index contributed by atoms with van der Waals surface area (Å²) < 4.78 is 170. The van der Waals surface area contributed by atoms with E-state index in [4.69, 9.17) is 0 Å². The standard InChI is InChI=1S/C28H20F12/c29-25(30,31)23(26(32,33)34)11-12-24(27(35,36)37,28(38,39)40)22-14-20-17(9-10-18(20)13-21(22)23)8-7-16-6-5-15-3-1-2-4-19(15)16/h1-6,9-10,13-14,16-17H,7-8,11-12H2. The largest absolute Gasteiger partial charge is 0.407 e. The van der Waals surface area contributed by atoms with Crippen LogP contribution in [0.15, 0.2) is 48.6 Å². The zero-order chi connectivity index (χ0) is 29.5. The Hall–Kier alpha value is -2.92. The first-order chi connectivity index (χ1) is 18.4. The van der Waals surface area contributed by atoms with E-state index >= 15 is 0 Å². The van der Waals surface area contributed by atoms with E-state index in [1.165, 1.54) is 6.08 Å². The molecular formula is C28H20F12. The molecule has 0 spiro atoms. The highest BCUT2D eigenvalue weighted by Gasteiger charge is 2.80. The predicted octanol–water partition coefficient (Wildman–Crippen LogP) is 9.91. The van der Waals surface area contributed by atoms with Gasteiger partial charge in [0.25, 0.3) is 0 Å². The normalized spacial score (nSPS) is 23.2. The predicted molar refractivity (Wildman–Crippen MR) is 122 cm³/mol. The minimum Gasteiger partial charge on any atom is -0.170 e. The minimum atomic E-state index is -6.21. The molecule has 0 fully saturated rings. The Morgan fingerprint density at radius 1 is 0.550 bits per heavy atom. The Morgan fingerprint density at radius 2 is 0.975 bits per heavy atom. The summed E-state index contributed by atoms with van der Waals surface area (Å²) in [5, 5.41) is 0. The average Bonchev–Trinajstić information content (AvgIpc) is 3.41. The SMILES string of the molecule is FC(F)(F)C1(C(F)(F)F)CCC(C(F)(F)F)(C(F)(F)F)c2cc3c(cc21)C=CC3CCC1C=Cc2ccccc21.